The van der Waals surface area contributed by atoms with Gasteiger partial charge in [-0.1, -0.05) is 36.4 Å². The van der Waals surface area contributed by atoms with Crippen LogP contribution in [0.15, 0.2) is 97.6 Å². The van der Waals surface area contributed by atoms with Crippen LogP contribution in [0.2, 0.25) is 0 Å². The van der Waals surface area contributed by atoms with Crippen molar-refractivity contribution < 1.29 is 46.2 Å². The van der Waals surface area contributed by atoms with Gasteiger partial charge in [0.2, 0.25) is 34.9 Å². The third kappa shape index (κ3) is 17.7. The molecular formula is C62H77ClF4N12O6. The monoisotopic (exact) mass is 1200 g/mol. The lowest BCUT2D eigenvalue weighted by atomic mass is 9.88. The van der Waals surface area contributed by atoms with E-state index >= 15 is 0 Å². The molecule has 3 amide bonds. The quantitative estimate of drug-likeness (QED) is 0.0351. The third-order valence-electron chi connectivity index (χ3n) is 15.7. The number of likely N-dealkylation sites (tertiary alicyclic amines) is 2. The molecule has 0 spiro atoms. The van der Waals surface area contributed by atoms with E-state index in [0.29, 0.717) is 121 Å². The smallest absolute Gasteiger partial charge is 0.231 e. The molecule has 456 valence electrons. The van der Waals surface area contributed by atoms with E-state index in [-0.39, 0.29) is 23.0 Å². The molecule has 4 saturated heterocycles. The first kappa shape index (κ1) is 63.8. The number of aryl methyl sites for hydroxylation is 2. The molecule has 0 unspecified atom stereocenters. The van der Waals surface area contributed by atoms with Gasteiger partial charge in [-0.05, 0) is 116 Å². The minimum Gasteiger partial charge on any atom is -0.378 e. The summed E-state index contributed by atoms with van der Waals surface area (Å²) in [6.07, 6.45) is 8.46. The first-order chi connectivity index (χ1) is 40.9. The highest BCUT2D eigenvalue weighted by molar-refractivity contribution is 6.62. The van der Waals surface area contributed by atoms with Crippen molar-refractivity contribution in [1.29, 1.82) is 0 Å². The Balaban J connectivity index is 0.000000209. The third-order valence-corrected chi connectivity index (χ3v) is 15.7. The van der Waals surface area contributed by atoms with Gasteiger partial charge >= 0.3 is 0 Å². The zero-order chi connectivity index (χ0) is 60.6. The Labute approximate surface area is 499 Å². The van der Waals surface area contributed by atoms with Crippen LogP contribution in [0.25, 0.3) is 0 Å². The Morgan fingerprint density at radius 1 is 0.612 bits per heavy atom. The molecule has 4 atom stereocenters. The second kappa shape index (κ2) is 30.7. The van der Waals surface area contributed by atoms with E-state index in [1.165, 1.54) is 49.2 Å². The van der Waals surface area contributed by atoms with Crippen LogP contribution >= 0.6 is 11.6 Å². The number of hydrogen-bond donors (Lipinski definition) is 4. The number of nitrogens with one attached hydrogen (secondary N) is 3. The van der Waals surface area contributed by atoms with Crippen molar-refractivity contribution in [1.82, 2.24) is 34.2 Å². The SMILES string of the molecule is CC(=O)Cl.CC(=O)NCCCN1C[C@@H](C(=O)Nc2nccn2Cc2ccc(C)cc2N2CCOCC2)[C@H](c2ccc(F)cc2F)C1.Cc1ccc(Cn2ccnc2NC(=O)[C@@H]2CN(CCCN)C[C@H]2c2ccc(F)cc2F)c(N2CCOCC2)c1. The summed E-state index contributed by atoms with van der Waals surface area (Å²) in [6, 6.07) is 19.9. The van der Waals surface area contributed by atoms with E-state index in [1.54, 1.807) is 12.4 Å². The average Bonchev–Trinajstić information content (AvgIpc) is 2.99. The molecular weight excluding hydrogens is 1120 g/mol. The Bertz CT molecular complexity index is 3220. The van der Waals surface area contributed by atoms with Crippen LogP contribution in [0.3, 0.4) is 0 Å². The van der Waals surface area contributed by atoms with Crippen molar-refractivity contribution in [2.24, 2.45) is 17.6 Å². The van der Waals surface area contributed by atoms with E-state index in [0.717, 1.165) is 67.2 Å². The number of aromatic nitrogens is 4. The number of nitrogens with two attached hydrogens (primary N) is 1. The molecule has 2 aromatic heterocycles. The Morgan fingerprint density at radius 3 is 1.44 bits per heavy atom. The normalized spacial score (nSPS) is 18.9. The molecule has 10 rings (SSSR count). The summed E-state index contributed by atoms with van der Waals surface area (Å²) in [7, 11) is 0. The Kier molecular flexibility index (Phi) is 23.1. The van der Waals surface area contributed by atoms with Crippen LogP contribution in [-0.4, -0.2) is 157 Å². The summed E-state index contributed by atoms with van der Waals surface area (Å²) in [5.74, 6) is -4.28. The number of anilines is 4. The number of carbonyl (C=O) groups excluding carboxylic acids is 4. The van der Waals surface area contributed by atoms with Crippen molar-refractivity contribution in [3.63, 3.8) is 0 Å². The summed E-state index contributed by atoms with van der Waals surface area (Å²) >= 11 is 4.64. The molecule has 5 N–H and O–H groups in total. The van der Waals surface area contributed by atoms with E-state index in [9.17, 15) is 36.7 Å². The van der Waals surface area contributed by atoms with Crippen LogP contribution in [0.1, 0.15) is 71.9 Å². The van der Waals surface area contributed by atoms with Gasteiger partial charge in [-0.3, -0.25) is 29.8 Å². The van der Waals surface area contributed by atoms with Crippen molar-refractivity contribution >= 4 is 57.8 Å². The van der Waals surface area contributed by atoms with Gasteiger partial charge in [-0.2, -0.15) is 0 Å². The van der Waals surface area contributed by atoms with Crippen LogP contribution in [0.4, 0.5) is 40.8 Å². The van der Waals surface area contributed by atoms with Gasteiger partial charge in [0.1, 0.15) is 23.3 Å². The highest BCUT2D eigenvalue weighted by Gasteiger charge is 2.41. The van der Waals surface area contributed by atoms with Gasteiger partial charge in [0.15, 0.2) is 0 Å². The lowest BCUT2D eigenvalue weighted by Crippen LogP contribution is -2.37. The first-order valence-electron chi connectivity index (χ1n) is 28.9. The zero-order valence-electron chi connectivity index (χ0n) is 48.7. The molecule has 23 heteroatoms. The topological polar surface area (TPSA) is 197 Å². The number of ether oxygens (including phenoxy) is 2. The van der Waals surface area contributed by atoms with Crippen LogP contribution in [0.5, 0.6) is 0 Å². The van der Waals surface area contributed by atoms with Crippen molar-refractivity contribution in [3.8, 4) is 0 Å². The van der Waals surface area contributed by atoms with Gasteiger partial charge < -0.3 is 49.3 Å². The molecule has 6 aromatic rings. The first-order valence-corrected chi connectivity index (χ1v) is 29.3. The molecule has 0 radical (unpaired) electrons. The molecule has 4 aromatic carbocycles. The summed E-state index contributed by atoms with van der Waals surface area (Å²) in [5, 5.41) is 8.41. The van der Waals surface area contributed by atoms with Gasteiger partial charge in [0.25, 0.3) is 0 Å². The molecule has 0 saturated carbocycles. The van der Waals surface area contributed by atoms with E-state index in [4.69, 9.17) is 15.2 Å². The fourth-order valence-corrected chi connectivity index (χ4v) is 11.5. The number of morpholine rings is 2. The van der Waals surface area contributed by atoms with Crippen molar-refractivity contribution in [2.75, 3.05) is 125 Å². The minimum atomic E-state index is -0.658. The molecule has 4 aliphatic rings. The summed E-state index contributed by atoms with van der Waals surface area (Å²) in [4.78, 5) is 65.5. The maximum atomic E-state index is 14.9. The number of nitrogens with zero attached hydrogens (tertiary/aromatic N) is 8. The molecule has 4 aliphatic heterocycles. The predicted molar refractivity (Wildman–Crippen MR) is 320 cm³/mol. The molecule has 0 bridgehead atoms. The van der Waals surface area contributed by atoms with E-state index < -0.39 is 46.9 Å². The molecule has 18 nitrogen and oxygen atoms in total. The van der Waals surface area contributed by atoms with Gasteiger partial charge in [-0.25, -0.2) is 27.5 Å². The van der Waals surface area contributed by atoms with E-state index in [2.05, 4.69) is 107 Å². The number of amides is 3. The van der Waals surface area contributed by atoms with Gasteiger partial charge in [0.05, 0.1) is 51.4 Å². The highest BCUT2D eigenvalue weighted by atomic mass is 35.5. The fraction of sp³-hybridized carbons (Fsp3) is 0.452. The van der Waals surface area contributed by atoms with Crippen molar-refractivity contribution in [3.05, 3.63) is 154 Å². The Hall–Kier alpha value is -7.21. The molecule has 6 heterocycles. The number of imidazole rings is 2. The second-order valence-corrected chi connectivity index (χ2v) is 22.5. The van der Waals surface area contributed by atoms with Gasteiger partial charge in [0, 0.05) is 133 Å². The molecule has 4 fully saturated rings. The summed E-state index contributed by atoms with van der Waals surface area (Å²) in [5.41, 5.74) is 13.2. The Morgan fingerprint density at radius 2 is 1.04 bits per heavy atom. The maximum Gasteiger partial charge on any atom is 0.231 e. The standard InChI is InChI=1S/C31H38F2N6O3.C29H36F2N6O2.C2H3ClO/c1-21-4-5-23(29(16-21)38-12-14-42-15-13-38)18-39-11-9-35-31(39)36-30(41)27-20-37(10-3-8-34-22(2)40)19-26(27)25-7-6-24(32)17-28(25)33;1-20-3-4-21(27(15-20)36-11-13-39-14-12-36)17-37-10-8-33-29(37)34-28(38)25-19-35(9-2-7-32)18-24(25)23-6-5-22(30)16-26(23)31;1-2(3)4/h4-7,9,11,16-17,26-27H,3,8,10,12-15,18-20H2,1-2H3,(H,34,40)(H,35,36,41);3-6,8,10,15-16,24-25H,2,7,9,11-14,17-19,32H2,1H3,(H,33,34,38);1H3/t26-,27+;24-,25+;/m00./s1. The van der Waals surface area contributed by atoms with E-state index in [1.807, 2.05) is 21.5 Å². The fourth-order valence-electron chi connectivity index (χ4n) is 11.5. The van der Waals surface area contributed by atoms with Gasteiger partial charge in [-0.15, -0.1) is 0 Å². The lowest BCUT2D eigenvalue weighted by Gasteiger charge is -2.31. The number of rotatable bonds is 19. The average molecular weight is 1200 g/mol. The number of carbonyl (C=O) groups is 4. The number of benzene rings is 4. The lowest BCUT2D eigenvalue weighted by molar-refractivity contribution is -0.120. The predicted octanol–water partition coefficient (Wildman–Crippen LogP) is 7.66. The second-order valence-electron chi connectivity index (χ2n) is 21.9. The highest BCUT2D eigenvalue weighted by Crippen LogP contribution is 2.37. The summed E-state index contributed by atoms with van der Waals surface area (Å²) in [6.45, 7) is 18.2. The minimum absolute atomic E-state index is 0.0989. The number of halogens is 5. The summed E-state index contributed by atoms with van der Waals surface area (Å²) < 4.78 is 71.9. The van der Waals surface area contributed by atoms with Crippen molar-refractivity contribution in [2.45, 2.75) is 65.5 Å². The largest absolute Gasteiger partial charge is 0.378 e. The van der Waals surface area contributed by atoms with Crippen LogP contribution in [-0.2, 0) is 41.7 Å². The molecule has 85 heavy (non-hydrogen) atoms. The number of hydrogen-bond acceptors (Lipinski definition) is 13. The van der Waals surface area contributed by atoms with Crippen LogP contribution in [0, 0.1) is 49.0 Å². The maximum absolute atomic E-state index is 14.9. The zero-order valence-corrected chi connectivity index (χ0v) is 49.4. The molecule has 0 aliphatic carbocycles. The van der Waals surface area contributed by atoms with Crippen LogP contribution < -0.4 is 31.5 Å².